The van der Waals surface area contributed by atoms with E-state index in [1.807, 2.05) is 13.0 Å². The number of benzene rings is 1. The molecule has 1 aromatic carbocycles. The first kappa shape index (κ1) is 36.6. The second-order valence-corrected chi connectivity index (χ2v) is 14.0. The van der Waals surface area contributed by atoms with Crippen LogP contribution in [0.4, 0.5) is 31.6 Å². The summed E-state index contributed by atoms with van der Waals surface area (Å²) >= 11 is 0. The van der Waals surface area contributed by atoms with Crippen molar-refractivity contribution in [2.75, 3.05) is 22.1 Å². The molecule has 1 saturated carbocycles. The number of amides is 4. The van der Waals surface area contributed by atoms with Crippen molar-refractivity contribution >= 4 is 52.2 Å². The van der Waals surface area contributed by atoms with Crippen LogP contribution in [0.15, 0.2) is 36.8 Å². The number of carbonyl (C=O) groups excluding carboxylic acids is 4. The molecular weight excluding hydrogens is 628 g/mol. The highest BCUT2D eigenvalue weighted by Gasteiger charge is 2.42. The first-order valence-electron chi connectivity index (χ1n) is 16.3. The number of imide groups is 1. The Kier molecular flexibility index (Phi) is 11.1. The van der Waals surface area contributed by atoms with Crippen LogP contribution in [0.25, 0.3) is 21.9 Å². The van der Waals surface area contributed by atoms with Gasteiger partial charge in [0.15, 0.2) is 0 Å². The summed E-state index contributed by atoms with van der Waals surface area (Å²) in [6.45, 7) is 14.1. The average molecular weight is 673 g/mol. The summed E-state index contributed by atoms with van der Waals surface area (Å²) in [7, 11) is 0. The van der Waals surface area contributed by atoms with Gasteiger partial charge < -0.3 is 19.5 Å². The first-order chi connectivity index (χ1) is 23.0. The molecule has 13 nitrogen and oxygen atoms in total. The number of fused-ring (bicyclic) bond motifs is 1. The Morgan fingerprint density at radius 2 is 1.65 bits per heavy atom. The third-order valence-electron chi connectivity index (χ3n) is 7.56. The molecule has 4 amide bonds. The van der Waals surface area contributed by atoms with Gasteiger partial charge in [-0.05, 0) is 102 Å². The van der Waals surface area contributed by atoms with Crippen molar-refractivity contribution in [3.63, 3.8) is 0 Å². The number of nitrogens with one attached hydrogen (secondary N) is 2. The van der Waals surface area contributed by atoms with Crippen LogP contribution >= 0.6 is 0 Å². The highest BCUT2D eigenvalue weighted by atomic mass is 16.6. The maximum Gasteiger partial charge on any atom is 0.424 e. The van der Waals surface area contributed by atoms with Crippen molar-refractivity contribution in [1.29, 1.82) is 5.26 Å². The number of hydrogen-bond acceptors (Lipinski definition) is 10. The number of carbonyl (C=O) groups is 4. The minimum Gasteiger partial charge on any atom is -0.449 e. The molecule has 2 N–H and O–H groups in total. The van der Waals surface area contributed by atoms with E-state index in [1.165, 1.54) is 6.20 Å². The Balaban J connectivity index is 1.80. The number of anilines is 3. The molecule has 260 valence electrons. The van der Waals surface area contributed by atoms with E-state index in [0.717, 1.165) is 11.3 Å². The number of rotatable bonds is 9. The summed E-state index contributed by atoms with van der Waals surface area (Å²) in [5.74, 6) is -0.111. The largest absolute Gasteiger partial charge is 0.449 e. The number of nitriles is 1. The van der Waals surface area contributed by atoms with E-state index >= 15 is 0 Å². The highest BCUT2D eigenvalue weighted by Crippen LogP contribution is 2.42. The van der Waals surface area contributed by atoms with Crippen LogP contribution in [0, 0.1) is 30.1 Å². The van der Waals surface area contributed by atoms with Gasteiger partial charge in [0, 0.05) is 35.7 Å². The lowest BCUT2D eigenvalue weighted by Gasteiger charge is -2.29. The number of ether oxygens (including phenoxy) is 3. The summed E-state index contributed by atoms with van der Waals surface area (Å²) in [5.41, 5.74) is 0.346. The fraction of sp³-hybridized carbons (Fsp3) is 0.472. The van der Waals surface area contributed by atoms with Crippen LogP contribution < -0.4 is 15.5 Å². The Hall–Kier alpha value is -5.25. The topological polar surface area (TPSA) is 173 Å². The van der Waals surface area contributed by atoms with E-state index in [0.29, 0.717) is 58.2 Å². The molecule has 0 bridgehead atoms. The molecule has 2 aromatic heterocycles. The van der Waals surface area contributed by atoms with Crippen molar-refractivity contribution in [2.45, 2.75) is 92.3 Å². The molecular formula is C36H44N6O7. The molecule has 0 spiro atoms. The molecule has 2 unspecified atom stereocenters. The fourth-order valence-electron chi connectivity index (χ4n) is 5.09. The highest BCUT2D eigenvalue weighted by molar-refractivity contribution is 6.11. The summed E-state index contributed by atoms with van der Waals surface area (Å²) < 4.78 is 16.5. The second kappa shape index (κ2) is 14.9. The van der Waals surface area contributed by atoms with Gasteiger partial charge in [-0.25, -0.2) is 19.4 Å². The molecule has 49 heavy (non-hydrogen) atoms. The summed E-state index contributed by atoms with van der Waals surface area (Å²) in [6.07, 6.45) is 4.53. The lowest BCUT2D eigenvalue weighted by Crippen LogP contribution is -2.44. The van der Waals surface area contributed by atoms with Crippen molar-refractivity contribution in [3.8, 4) is 17.2 Å². The molecule has 1 aliphatic rings. The quantitative estimate of drug-likeness (QED) is 0.167. The van der Waals surface area contributed by atoms with Crippen LogP contribution in [0.5, 0.6) is 0 Å². The van der Waals surface area contributed by atoms with Crippen LogP contribution in [0.1, 0.15) is 79.7 Å². The van der Waals surface area contributed by atoms with Gasteiger partial charge in [-0.3, -0.25) is 15.1 Å². The van der Waals surface area contributed by atoms with Gasteiger partial charge in [0.2, 0.25) is 5.91 Å². The molecule has 0 saturated heterocycles. The normalized spacial score (nSPS) is 15.5. The predicted octanol–water partition coefficient (Wildman–Crippen LogP) is 8.12. The van der Waals surface area contributed by atoms with Gasteiger partial charge in [-0.1, -0.05) is 13.3 Å². The van der Waals surface area contributed by atoms with Gasteiger partial charge in [0.1, 0.15) is 17.0 Å². The van der Waals surface area contributed by atoms with Crippen molar-refractivity contribution in [1.82, 2.24) is 9.97 Å². The molecule has 1 fully saturated rings. The molecule has 4 rings (SSSR count). The van der Waals surface area contributed by atoms with E-state index in [1.54, 1.807) is 73.0 Å². The van der Waals surface area contributed by atoms with Crippen molar-refractivity contribution in [3.05, 3.63) is 42.4 Å². The standard InChI is InChI=1S/C36H44N6O7/c1-9-10-13-47-32(44)40-28-16-23(14-24-17-30(39-19-27(24)28)41-31(43)25-15-22(25)11-12-37)26-18-38-20-29(21(26)2)42(33(45)48-35(3,4)5)34(46)49-36(6,7)8/h14,16-20,22,25H,9-11,13,15H2,1-8H3,(H,40,44)(H,39,41,43). The number of nitrogens with zero attached hydrogens (tertiary/aromatic N) is 4. The molecule has 0 aliphatic heterocycles. The monoisotopic (exact) mass is 672 g/mol. The third kappa shape index (κ3) is 9.65. The van der Waals surface area contributed by atoms with Gasteiger partial charge >= 0.3 is 18.3 Å². The summed E-state index contributed by atoms with van der Waals surface area (Å²) in [6, 6.07) is 7.35. The van der Waals surface area contributed by atoms with Crippen LogP contribution in [0.2, 0.25) is 0 Å². The van der Waals surface area contributed by atoms with Crippen LogP contribution in [-0.2, 0) is 19.0 Å². The average Bonchev–Trinajstić information content (AvgIpc) is 3.76. The minimum atomic E-state index is -0.932. The van der Waals surface area contributed by atoms with Crippen LogP contribution in [-0.4, -0.2) is 52.0 Å². The lowest BCUT2D eigenvalue weighted by molar-refractivity contribution is -0.117. The van der Waals surface area contributed by atoms with Gasteiger partial charge in [0.05, 0.1) is 30.2 Å². The predicted molar refractivity (Wildman–Crippen MR) is 185 cm³/mol. The maximum absolute atomic E-state index is 13.4. The van der Waals surface area contributed by atoms with Crippen molar-refractivity contribution in [2.24, 2.45) is 11.8 Å². The number of pyridine rings is 2. The van der Waals surface area contributed by atoms with E-state index < -0.39 is 29.5 Å². The van der Waals surface area contributed by atoms with Gasteiger partial charge in [-0.2, -0.15) is 10.2 Å². The van der Waals surface area contributed by atoms with E-state index in [-0.39, 0.29) is 30.0 Å². The van der Waals surface area contributed by atoms with Crippen molar-refractivity contribution < 1.29 is 33.4 Å². The second-order valence-electron chi connectivity index (χ2n) is 14.0. The third-order valence-corrected chi connectivity index (χ3v) is 7.56. The van der Waals surface area contributed by atoms with Crippen LogP contribution in [0.3, 0.4) is 0 Å². The Morgan fingerprint density at radius 1 is 0.980 bits per heavy atom. The summed E-state index contributed by atoms with van der Waals surface area (Å²) in [5, 5.41) is 15.8. The molecule has 3 aromatic rings. The lowest BCUT2D eigenvalue weighted by atomic mass is 9.97. The SMILES string of the molecule is CCCCOC(=O)Nc1cc(-c2cncc(N(C(=O)OC(C)(C)C)C(=O)OC(C)(C)C)c2C)cc2cc(NC(=O)C3CC3CC#N)ncc12. The number of hydrogen-bond donors (Lipinski definition) is 2. The van der Waals surface area contributed by atoms with E-state index in [2.05, 4.69) is 26.7 Å². The number of unbranched alkanes of at least 4 members (excludes halogenated alkanes) is 1. The zero-order valence-electron chi connectivity index (χ0n) is 29.3. The molecule has 13 heteroatoms. The van der Waals surface area contributed by atoms with E-state index in [4.69, 9.17) is 19.5 Å². The Bertz CT molecular complexity index is 1760. The van der Waals surface area contributed by atoms with Gasteiger partial charge in [-0.15, -0.1) is 0 Å². The minimum absolute atomic E-state index is 0.0373. The summed E-state index contributed by atoms with van der Waals surface area (Å²) in [4.78, 5) is 62.1. The zero-order chi connectivity index (χ0) is 36.1. The molecule has 1 aliphatic carbocycles. The fourth-order valence-corrected chi connectivity index (χ4v) is 5.09. The smallest absolute Gasteiger partial charge is 0.424 e. The maximum atomic E-state index is 13.4. The zero-order valence-corrected chi connectivity index (χ0v) is 29.3. The first-order valence-corrected chi connectivity index (χ1v) is 16.3. The van der Waals surface area contributed by atoms with E-state index in [9.17, 15) is 19.2 Å². The molecule has 2 heterocycles. The van der Waals surface area contributed by atoms with Gasteiger partial charge in [0.25, 0.3) is 0 Å². The molecule has 2 atom stereocenters. The Morgan fingerprint density at radius 3 is 2.27 bits per heavy atom. The number of aromatic nitrogens is 2. The Labute approximate surface area is 286 Å². The molecule has 0 radical (unpaired) electrons.